The lowest BCUT2D eigenvalue weighted by Crippen LogP contribution is -2.09. The van der Waals surface area contributed by atoms with Crippen LogP contribution >= 0.6 is 0 Å². The second-order valence-electron chi connectivity index (χ2n) is 6.19. The summed E-state index contributed by atoms with van der Waals surface area (Å²) in [5.74, 6) is 0. The fraction of sp³-hybridized carbons (Fsp3) is 0.947. The highest BCUT2D eigenvalue weighted by molar-refractivity contribution is 5.59. The van der Waals surface area contributed by atoms with Gasteiger partial charge in [0.05, 0.1) is 13.2 Å². The Morgan fingerprint density at radius 2 is 0.864 bits per heavy atom. The summed E-state index contributed by atoms with van der Waals surface area (Å²) in [5, 5.41) is 0. The van der Waals surface area contributed by atoms with Crippen LogP contribution in [0.3, 0.4) is 0 Å². The van der Waals surface area contributed by atoms with Gasteiger partial charge in [0, 0.05) is 0 Å². The van der Waals surface area contributed by atoms with Crippen molar-refractivity contribution < 1.29 is 14.3 Å². The van der Waals surface area contributed by atoms with Crippen molar-refractivity contribution in [3.63, 3.8) is 0 Å². The maximum atomic E-state index is 11.3. The number of carbonyl (C=O) groups excluding carboxylic acids is 1. The molecule has 0 radical (unpaired) electrons. The number of rotatable bonds is 16. The molecule has 0 aromatic carbocycles. The lowest BCUT2D eigenvalue weighted by Gasteiger charge is -2.06. The number of ether oxygens (including phenoxy) is 2. The third kappa shape index (κ3) is 17.3. The highest BCUT2D eigenvalue weighted by Gasteiger charge is 2.02. The fourth-order valence-corrected chi connectivity index (χ4v) is 2.47. The zero-order valence-corrected chi connectivity index (χ0v) is 15.0. The summed E-state index contributed by atoms with van der Waals surface area (Å²) >= 11 is 0. The van der Waals surface area contributed by atoms with E-state index in [1.807, 2.05) is 0 Å². The van der Waals surface area contributed by atoms with Gasteiger partial charge in [-0.2, -0.15) is 0 Å². The molecule has 0 aromatic rings. The average molecular weight is 315 g/mol. The monoisotopic (exact) mass is 314 g/mol. The molecule has 0 saturated carbocycles. The summed E-state index contributed by atoms with van der Waals surface area (Å²) in [6.07, 6.45) is 16.9. The van der Waals surface area contributed by atoms with Gasteiger partial charge in [0.1, 0.15) is 0 Å². The predicted molar refractivity (Wildman–Crippen MR) is 93.3 cm³/mol. The summed E-state index contributed by atoms with van der Waals surface area (Å²) in [5.41, 5.74) is 0. The smallest absolute Gasteiger partial charge is 0.434 e. The number of hydrogen-bond acceptors (Lipinski definition) is 3. The van der Waals surface area contributed by atoms with Crippen LogP contribution in [0.15, 0.2) is 0 Å². The van der Waals surface area contributed by atoms with Gasteiger partial charge in [-0.3, -0.25) is 0 Å². The van der Waals surface area contributed by atoms with Crippen molar-refractivity contribution in [2.75, 3.05) is 13.2 Å². The molecule has 22 heavy (non-hydrogen) atoms. The molecule has 0 aromatic heterocycles. The Bertz CT molecular complexity index is 229. The van der Waals surface area contributed by atoms with E-state index in [0.717, 1.165) is 25.7 Å². The summed E-state index contributed by atoms with van der Waals surface area (Å²) in [6.45, 7) is 5.42. The topological polar surface area (TPSA) is 35.5 Å². The van der Waals surface area contributed by atoms with Crippen molar-refractivity contribution in [1.29, 1.82) is 0 Å². The van der Waals surface area contributed by atoms with Gasteiger partial charge < -0.3 is 9.47 Å². The summed E-state index contributed by atoms with van der Waals surface area (Å²) in [6, 6.07) is 0. The molecule has 3 nitrogen and oxygen atoms in total. The summed E-state index contributed by atoms with van der Waals surface area (Å²) in [4.78, 5) is 11.3. The van der Waals surface area contributed by atoms with Crippen LogP contribution in [0.4, 0.5) is 4.79 Å². The largest absolute Gasteiger partial charge is 0.508 e. The fourth-order valence-electron chi connectivity index (χ4n) is 2.47. The molecule has 0 aliphatic carbocycles. The van der Waals surface area contributed by atoms with Crippen molar-refractivity contribution in [3.05, 3.63) is 0 Å². The Labute approximate surface area is 138 Å². The minimum Gasteiger partial charge on any atom is -0.434 e. The van der Waals surface area contributed by atoms with Crippen LogP contribution in [-0.2, 0) is 9.47 Å². The van der Waals surface area contributed by atoms with E-state index in [4.69, 9.17) is 9.47 Å². The lowest BCUT2D eigenvalue weighted by atomic mass is 10.1. The van der Waals surface area contributed by atoms with Crippen LogP contribution in [0, 0.1) is 0 Å². The molecule has 0 aliphatic rings. The lowest BCUT2D eigenvalue weighted by molar-refractivity contribution is 0.0529. The molecule has 0 aliphatic heterocycles. The first-order valence-corrected chi connectivity index (χ1v) is 9.60. The van der Waals surface area contributed by atoms with Gasteiger partial charge in [-0.1, -0.05) is 90.9 Å². The van der Waals surface area contributed by atoms with Crippen LogP contribution in [0.25, 0.3) is 0 Å². The highest BCUT2D eigenvalue weighted by atomic mass is 16.7. The van der Waals surface area contributed by atoms with Crippen LogP contribution in [0.1, 0.15) is 104 Å². The molecule has 0 rings (SSSR count). The van der Waals surface area contributed by atoms with Gasteiger partial charge in [-0.15, -0.1) is 0 Å². The van der Waals surface area contributed by atoms with Crippen molar-refractivity contribution in [2.45, 2.75) is 104 Å². The average Bonchev–Trinajstić information content (AvgIpc) is 2.52. The SMILES string of the molecule is CCCCCCCCCCCCOC(=O)OCCCCCC. The van der Waals surface area contributed by atoms with Crippen LogP contribution in [0.2, 0.25) is 0 Å². The van der Waals surface area contributed by atoms with Gasteiger partial charge in [-0.25, -0.2) is 4.79 Å². The van der Waals surface area contributed by atoms with Gasteiger partial charge in [0.2, 0.25) is 0 Å². The Morgan fingerprint density at radius 3 is 1.27 bits per heavy atom. The second kappa shape index (κ2) is 18.3. The quantitative estimate of drug-likeness (QED) is 0.236. The molecule has 0 amide bonds. The number of hydrogen-bond donors (Lipinski definition) is 0. The zero-order valence-electron chi connectivity index (χ0n) is 15.0. The Balaban J connectivity index is 3.10. The summed E-state index contributed by atoms with van der Waals surface area (Å²) in [7, 11) is 0. The predicted octanol–water partition coefficient (Wildman–Crippen LogP) is 6.64. The molecule has 0 atom stereocenters. The van der Waals surface area contributed by atoms with Crippen LogP contribution in [0.5, 0.6) is 0 Å². The normalized spacial score (nSPS) is 10.6. The third-order valence-corrected chi connectivity index (χ3v) is 3.94. The minimum absolute atomic E-state index is 0.493. The van der Waals surface area contributed by atoms with E-state index in [9.17, 15) is 4.79 Å². The Kier molecular flexibility index (Phi) is 17.7. The molecule has 0 bridgehead atoms. The third-order valence-electron chi connectivity index (χ3n) is 3.94. The first-order chi connectivity index (χ1) is 10.8. The second-order valence-corrected chi connectivity index (χ2v) is 6.19. The first kappa shape index (κ1) is 21.3. The van der Waals surface area contributed by atoms with E-state index < -0.39 is 6.16 Å². The molecule has 0 N–H and O–H groups in total. The molecule has 132 valence electrons. The van der Waals surface area contributed by atoms with E-state index in [2.05, 4.69) is 13.8 Å². The molecule has 0 fully saturated rings. The van der Waals surface area contributed by atoms with Gasteiger partial charge in [-0.05, 0) is 12.8 Å². The molecular weight excluding hydrogens is 276 g/mol. The van der Waals surface area contributed by atoms with E-state index >= 15 is 0 Å². The van der Waals surface area contributed by atoms with Crippen molar-refractivity contribution in [3.8, 4) is 0 Å². The van der Waals surface area contributed by atoms with Gasteiger partial charge >= 0.3 is 6.16 Å². The zero-order chi connectivity index (χ0) is 16.3. The highest BCUT2D eigenvalue weighted by Crippen LogP contribution is 2.10. The molecule has 0 heterocycles. The molecule has 0 spiro atoms. The summed E-state index contributed by atoms with van der Waals surface area (Å²) < 4.78 is 10.1. The van der Waals surface area contributed by atoms with E-state index in [1.54, 1.807) is 0 Å². The molecular formula is C19H38O3. The number of unbranched alkanes of at least 4 members (excludes halogenated alkanes) is 12. The van der Waals surface area contributed by atoms with Crippen molar-refractivity contribution in [1.82, 2.24) is 0 Å². The molecule has 0 unspecified atom stereocenters. The van der Waals surface area contributed by atoms with Crippen LogP contribution < -0.4 is 0 Å². The van der Waals surface area contributed by atoms with Crippen molar-refractivity contribution >= 4 is 6.16 Å². The van der Waals surface area contributed by atoms with Gasteiger partial charge in [0.15, 0.2) is 0 Å². The Hall–Kier alpha value is -0.730. The standard InChI is InChI=1S/C19H38O3/c1-3-5-7-9-10-11-12-13-14-16-18-22-19(20)21-17-15-8-6-4-2/h3-18H2,1-2H3. The number of carbonyl (C=O) groups is 1. The van der Waals surface area contributed by atoms with Crippen molar-refractivity contribution in [2.24, 2.45) is 0 Å². The van der Waals surface area contributed by atoms with Crippen LogP contribution in [-0.4, -0.2) is 19.4 Å². The Morgan fingerprint density at radius 1 is 0.545 bits per heavy atom. The van der Waals surface area contributed by atoms with E-state index in [0.29, 0.717) is 13.2 Å². The minimum atomic E-state index is -0.493. The van der Waals surface area contributed by atoms with E-state index in [-0.39, 0.29) is 0 Å². The first-order valence-electron chi connectivity index (χ1n) is 9.60. The van der Waals surface area contributed by atoms with Gasteiger partial charge in [0.25, 0.3) is 0 Å². The molecule has 3 heteroatoms. The maximum absolute atomic E-state index is 11.3. The molecule has 0 saturated heterocycles. The van der Waals surface area contributed by atoms with E-state index in [1.165, 1.54) is 64.2 Å². The maximum Gasteiger partial charge on any atom is 0.508 e.